The third-order valence-electron chi connectivity index (χ3n) is 2.35. The summed E-state index contributed by atoms with van der Waals surface area (Å²) in [7, 11) is 0. The van der Waals surface area contributed by atoms with Gasteiger partial charge in [0.1, 0.15) is 0 Å². The monoisotopic (exact) mass is 250 g/mol. The number of nitrogens with zero attached hydrogens (tertiary/aromatic N) is 1. The second kappa shape index (κ2) is 7.71. The first-order valence-corrected chi connectivity index (χ1v) is 6.33. The largest absolute Gasteiger partial charge is 0.504 e. The molecule has 0 spiro atoms. The molecule has 0 atom stereocenters. The summed E-state index contributed by atoms with van der Waals surface area (Å²) in [6, 6.07) is 5.88. The van der Waals surface area contributed by atoms with E-state index in [4.69, 9.17) is 4.74 Å². The Morgan fingerprint density at radius 1 is 1.44 bits per heavy atom. The third kappa shape index (κ3) is 4.75. The van der Waals surface area contributed by atoms with Gasteiger partial charge in [0.25, 0.3) is 0 Å². The van der Waals surface area contributed by atoms with Crippen molar-refractivity contribution in [3.63, 3.8) is 0 Å². The number of hydrogen-bond donors (Lipinski definition) is 2. The maximum atomic E-state index is 9.93. The molecular weight excluding hydrogens is 228 g/mol. The molecule has 0 radical (unpaired) electrons. The maximum Gasteiger partial charge on any atom is 0.166 e. The molecule has 2 N–H and O–H groups in total. The number of phenolic OH excluding ortho intramolecular Hbond substituents is 1. The minimum absolute atomic E-state index is 0.153. The standard InChI is InChI=1S/C14H22N2O2/c1-4-18-13-7-5-6-12(14(13)17)10-15-8-9-16-11(2)3/h5-7,10-11,16-17H,4,8-9H2,1-3H3. The van der Waals surface area contributed by atoms with E-state index in [9.17, 15) is 5.11 Å². The number of aromatic hydroxyl groups is 1. The lowest BCUT2D eigenvalue weighted by Crippen LogP contribution is -2.25. The minimum Gasteiger partial charge on any atom is -0.504 e. The Hall–Kier alpha value is -1.55. The summed E-state index contributed by atoms with van der Waals surface area (Å²) in [5, 5.41) is 13.2. The molecule has 0 amide bonds. The molecule has 0 aromatic heterocycles. The zero-order valence-corrected chi connectivity index (χ0v) is 11.3. The van der Waals surface area contributed by atoms with Gasteiger partial charge in [-0.25, -0.2) is 0 Å². The van der Waals surface area contributed by atoms with Crippen LogP contribution in [0.5, 0.6) is 11.5 Å². The van der Waals surface area contributed by atoms with Gasteiger partial charge >= 0.3 is 0 Å². The molecule has 1 aromatic carbocycles. The lowest BCUT2D eigenvalue weighted by Gasteiger charge is -2.07. The average molecular weight is 250 g/mol. The summed E-state index contributed by atoms with van der Waals surface area (Å²) in [4.78, 5) is 4.27. The summed E-state index contributed by atoms with van der Waals surface area (Å²) in [5.74, 6) is 0.654. The number of ether oxygens (including phenoxy) is 1. The predicted octanol–water partition coefficient (Wildman–Crippen LogP) is 2.21. The van der Waals surface area contributed by atoms with Crippen molar-refractivity contribution in [2.75, 3.05) is 19.7 Å². The smallest absolute Gasteiger partial charge is 0.166 e. The number of para-hydroxylation sites is 1. The highest BCUT2D eigenvalue weighted by atomic mass is 16.5. The van der Waals surface area contributed by atoms with E-state index < -0.39 is 0 Å². The molecule has 0 aliphatic rings. The van der Waals surface area contributed by atoms with Crippen LogP contribution in [0.25, 0.3) is 0 Å². The van der Waals surface area contributed by atoms with E-state index in [2.05, 4.69) is 24.2 Å². The molecule has 0 bridgehead atoms. The van der Waals surface area contributed by atoms with Gasteiger partial charge in [-0.3, -0.25) is 4.99 Å². The average Bonchev–Trinajstić information content (AvgIpc) is 2.33. The van der Waals surface area contributed by atoms with Gasteiger partial charge in [-0.2, -0.15) is 0 Å². The van der Waals surface area contributed by atoms with Gasteiger partial charge < -0.3 is 15.2 Å². The van der Waals surface area contributed by atoms with Gasteiger partial charge in [0.05, 0.1) is 13.2 Å². The van der Waals surface area contributed by atoms with Crippen molar-refractivity contribution in [3.8, 4) is 11.5 Å². The molecule has 0 saturated carbocycles. The SMILES string of the molecule is CCOc1cccc(C=NCCNC(C)C)c1O. The Bertz CT molecular complexity index is 389. The minimum atomic E-state index is 0.153. The Kier molecular flexibility index (Phi) is 6.22. The fourth-order valence-electron chi connectivity index (χ4n) is 1.50. The Balaban J connectivity index is 2.56. The van der Waals surface area contributed by atoms with Crippen LogP contribution in [-0.4, -0.2) is 37.1 Å². The third-order valence-corrected chi connectivity index (χ3v) is 2.35. The van der Waals surface area contributed by atoms with E-state index in [1.54, 1.807) is 12.3 Å². The summed E-state index contributed by atoms with van der Waals surface area (Å²) in [5.41, 5.74) is 0.686. The van der Waals surface area contributed by atoms with Crippen molar-refractivity contribution in [2.24, 2.45) is 4.99 Å². The highest BCUT2D eigenvalue weighted by Crippen LogP contribution is 2.28. The second-order valence-corrected chi connectivity index (χ2v) is 4.27. The summed E-state index contributed by atoms with van der Waals surface area (Å²) in [6.45, 7) is 8.14. The molecule has 1 aromatic rings. The van der Waals surface area contributed by atoms with Crippen LogP contribution in [-0.2, 0) is 0 Å². The highest BCUT2D eigenvalue weighted by molar-refractivity contribution is 5.84. The fourth-order valence-corrected chi connectivity index (χ4v) is 1.50. The van der Waals surface area contributed by atoms with Gasteiger partial charge in [-0.05, 0) is 19.1 Å². The molecule has 0 fully saturated rings. The van der Waals surface area contributed by atoms with E-state index >= 15 is 0 Å². The van der Waals surface area contributed by atoms with Crippen LogP contribution in [0.1, 0.15) is 26.3 Å². The van der Waals surface area contributed by atoms with E-state index in [1.165, 1.54) is 0 Å². The van der Waals surface area contributed by atoms with Gasteiger partial charge in [-0.15, -0.1) is 0 Å². The quantitative estimate of drug-likeness (QED) is 0.576. The van der Waals surface area contributed by atoms with Crippen LogP contribution in [0.3, 0.4) is 0 Å². The summed E-state index contributed by atoms with van der Waals surface area (Å²) in [6.07, 6.45) is 1.68. The molecule has 1 rings (SSSR count). The number of aliphatic imine (C=N–C) groups is 1. The van der Waals surface area contributed by atoms with E-state index in [0.717, 1.165) is 6.54 Å². The summed E-state index contributed by atoms with van der Waals surface area (Å²) >= 11 is 0. The second-order valence-electron chi connectivity index (χ2n) is 4.27. The molecular formula is C14H22N2O2. The van der Waals surface area contributed by atoms with Crippen molar-refractivity contribution in [2.45, 2.75) is 26.8 Å². The number of rotatable bonds is 7. The first kappa shape index (κ1) is 14.5. The predicted molar refractivity (Wildman–Crippen MR) is 74.9 cm³/mol. The molecule has 4 heteroatoms. The molecule has 0 heterocycles. The fraction of sp³-hybridized carbons (Fsp3) is 0.500. The van der Waals surface area contributed by atoms with Crippen LogP contribution in [0.2, 0.25) is 0 Å². The lowest BCUT2D eigenvalue weighted by atomic mass is 10.2. The van der Waals surface area contributed by atoms with Gasteiger partial charge in [0, 0.05) is 24.4 Å². The summed E-state index contributed by atoms with van der Waals surface area (Å²) < 4.78 is 5.31. The number of benzene rings is 1. The Labute approximate surface area is 109 Å². The highest BCUT2D eigenvalue weighted by Gasteiger charge is 2.05. The molecule has 0 aliphatic heterocycles. The molecule has 4 nitrogen and oxygen atoms in total. The van der Waals surface area contributed by atoms with E-state index in [1.807, 2.05) is 19.1 Å². The maximum absolute atomic E-state index is 9.93. The van der Waals surface area contributed by atoms with Crippen LogP contribution < -0.4 is 10.1 Å². The van der Waals surface area contributed by atoms with Crippen molar-refractivity contribution < 1.29 is 9.84 Å². The Morgan fingerprint density at radius 2 is 2.22 bits per heavy atom. The normalized spacial score (nSPS) is 11.3. The van der Waals surface area contributed by atoms with Crippen molar-refractivity contribution >= 4 is 6.21 Å². The van der Waals surface area contributed by atoms with E-state index in [0.29, 0.717) is 30.5 Å². The number of hydrogen-bond acceptors (Lipinski definition) is 4. The van der Waals surface area contributed by atoms with Crippen molar-refractivity contribution in [1.29, 1.82) is 0 Å². The molecule has 100 valence electrons. The van der Waals surface area contributed by atoms with E-state index in [-0.39, 0.29) is 5.75 Å². The van der Waals surface area contributed by atoms with Crippen LogP contribution in [0, 0.1) is 0 Å². The van der Waals surface area contributed by atoms with Gasteiger partial charge in [0.2, 0.25) is 0 Å². The zero-order chi connectivity index (χ0) is 13.4. The van der Waals surface area contributed by atoms with Gasteiger partial charge in [-0.1, -0.05) is 19.9 Å². The molecule has 0 aliphatic carbocycles. The Morgan fingerprint density at radius 3 is 2.89 bits per heavy atom. The van der Waals surface area contributed by atoms with Crippen molar-refractivity contribution in [3.05, 3.63) is 23.8 Å². The lowest BCUT2D eigenvalue weighted by molar-refractivity contribution is 0.318. The molecule has 18 heavy (non-hydrogen) atoms. The first-order valence-electron chi connectivity index (χ1n) is 6.33. The first-order chi connectivity index (χ1) is 8.65. The number of phenols is 1. The molecule has 0 saturated heterocycles. The topological polar surface area (TPSA) is 53.8 Å². The van der Waals surface area contributed by atoms with Crippen LogP contribution in [0.15, 0.2) is 23.2 Å². The van der Waals surface area contributed by atoms with Gasteiger partial charge in [0.15, 0.2) is 11.5 Å². The van der Waals surface area contributed by atoms with Crippen LogP contribution >= 0.6 is 0 Å². The van der Waals surface area contributed by atoms with Crippen molar-refractivity contribution in [1.82, 2.24) is 5.32 Å². The number of nitrogens with one attached hydrogen (secondary N) is 1. The van der Waals surface area contributed by atoms with Crippen LogP contribution in [0.4, 0.5) is 0 Å². The zero-order valence-electron chi connectivity index (χ0n) is 11.3. The molecule has 0 unspecified atom stereocenters.